The number of nitrogens with one attached hydrogen (secondary N) is 1. The zero-order valence-electron chi connectivity index (χ0n) is 10.6. The highest BCUT2D eigenvalue weighted by Crippen LogP contribution is 2.14. The molecule has 0 radical (unpaired) electrons. The summed E-state index contributed by atoms with van der Waals surface area (Å²) in [6, 6.07) is 1.84. The largest absolute Gasteiger partial charge is 0.391 e. The van der Waals surface area contributed by atoms with Gasteiger partial charge in [0.2, 0.25) is 0 Å². The Balaban J connectivity index is 2.76. The Kier molecular flexibility index (Phi) is 4.78. The highest BCUT2D eigenvalue weighted by molar-refractivity contribution is 5.94. The summed E-state index contributed by atoms with van der Waals surface area (Å²) in [5, 5.41) is 11.9. The maximum absolute atomic E-state index is 13.4. The Morgan fingerprint density at radius 3 is 2.50 bits per heavy atom. The van der Waals surface area contributed by atoms with Gasteiger partial charge >= 0.3 is 0 Å². The van der Waals surface area contributed by atoms with Crippen LogP contribution < -0.4 is 5.32 Å². The lowest BCUT2D eigenvalue weighted by Crippen LogP contribution is -2.35. The van der Waals surface area contributed by atoms with Gasteiger partial charge in [-0.1, -0.05) is 13.8 Å². The van der Waals surface area contributed by atoms with Crippen LogP contribution in [0.4, 0.5) is 8.78 Å². The van der Waals surface area contributed by atoms with Crippen molar-refractivity contribution in [1.82, 2.24) is 5.32 Å². The van der Waals surface area contributed by atoms with E-state index in [1.807, 2.05) is 0 Å². The maximum atomic E-state index is 13.4. The number of carbonyl (C=O) groups is 1. The second kappa shape index (κ2) is 5.91. The van der Waals surface area contributed by atoms with Gasteiger partial charge in [-0.15, -0.1) is 0 Å². The molecular formula is C13H17F2NO2. The van der Waals surface area contributed by atoms with E-state index in [4.69, 9.17) is 0 Å². The number of hydrogen-bond donors (Lipinski definition) is 2. The molecule has 0 saturated carbocycles. The number of benzene rings is 1. The lowest BCUT2D eigenvalue weighted by atomic mass is 10.1. The van der Waals surface area contributed by atoms with Crippen LogP contribution in [0.2, 0.25) is 0 Å². The molecule has 1 atom stereocenters. The van der Waals surface area contributed by atoms with Gasteiger partial charge in [0, 0.05) is 12.6 Å². The van der Waals surface area contributed by atoms with Gasteiger partial charge in [-0.25, -0.2) is 8.78 Å². The molecule has 0 aromatic heterocycles. The molecule has 0 bridgehead atoms. The van der Waals surface area contributed by atoms with Crippen LogP contribution in [-0.4, -0.2) is 23.7 Å². The predicted octanol–water partition coefficient (Wildman–Crippen LogP) is 2.02. The molecule has 1 aromatic rings. The summed E-state index contributed by atoms with van der Waals surface area (Å²) in [5.74, 6) is -2.26. The Bertz CT molecular complexity index is 447. The number of aryl methyl sites for hydroxylation is 1. The minimum Gasteiger partial charge on any atom is -0.391 e. The zero-order valence-corrected chi connectivity index (χ0v) is 10.6. The number of halogens is 2. The molecule has 1 amide bonds. The third kappa shape index (κ3) is 3.50. The van der Waals surface area contributed by atoms with Crippen molar-refractivity contribution in [3.63, 3.8) is 0 Å². The second-order valence-electron chi connectivity index (χ2n) is 4.60. The molecule has 0 aliphatic carbocycles. The number of carbonyl (C=O) groups excluding carboxylic acids is 1. The SMILES string of the molecule is Cc1cc(C(=O)NCC(O)C(C)C)c(F)cc1F. The van der Waals surface area contributed by atoms with E-state index < -0.39 is 23.6 Å². The molecule has 100 valence electrons. The van der Waals surface area contributed by atoms with Crippen LogP contribution in [0.3, 0.4) is 0 Å². The van der Waals surface area contributed by atoms with Crippen molar-refractivity contribution in [3.05, 3.63) is 34.9 Å². The van der Waals surface area contributed by atoms with Crippen molar-refractivity contribution in [2.45, 2.75) is 26.9 Å². The van der Waals surface area contributed by atoms with Gasteiger partial charge in [0.1, 0.15) is 11.6 Å². The first-order chi connectivity index (χ1) is 8.32. The Morgan fingerprint density at radius 2 is 1.94 bits per heavy atom. The molecule has 18 heavy (non-hydrogen) atoms. The van der Waals surface area contributed by atoms with E-state index in [2.05, 4.69) is 5.32 Å². The van der Waals surface area contributed by atoms with Gasteiger partial charge in [0.05, 0.1) is 11.7 Å². The fourth-order valence-corrected chi connectivity index (χ4v) is 1.36. The molecule has 0 aliphatic heterocycles. The molecule has 5 heteroatoms. The van der Waals surface area contributed by atoms with Crippen molar-refractivity contribution in [2.24, 2.45) is 5.92 Å². The molecule has 0 fully saturated rings. The number of aliphatic hydroxyl groups is 1. The highest BCUT2D eigenvalue weighted by atomic mass is 19.1. The molecule has 3 nitrogen and oxygen atoms in total. The van der Waals surface area contributed by atoms with Crippen molar-refractivity contribution >= 4 is 5.91 Å². The topological polar surface area (TPSA) is 49.3 Å². The van der Waals surface area contributed by atoms with Crippen LogP contribution in [-0.2, 0) is 0 Å². The molecule has 0 aliphatic rings. The van der Waals surface area contributed by atoms with E-state index in [0.29, 0.717) is 6.07 Å². The van der Waals surface area contributed by atoms with E-state index in [0.717, 1.165) is 6.07 Å². The predicted molar refractivity (Wildman–Crippen MR) is 64.3 cm³/mol. The summed E-state index contributed by atoms with van der Waals surface area (Å²) in [6.45, 7) is 5.10. The second-order valence-corrected chi connectivity index (χ2v) is 4.60. The molecule has 1 aromatic carbocycles. The molecule has 0 saturated heterocycles. The van der Waals surface area contributed by atoms with Crippen LogP contribution in [0.15, 0.2) is 12.1 Å². The molecule has 0 spiro atoms. The first-order valence-electron chi connectivity index (χ1n) is 5.74. The van der Waals surface area contributed by atoms with Gasteiger partial charge in [-0.05, 0) is 24.5 Å². The summed E-state index contributed by atoms with van der Waals surface area (Å²) >= 11 is 0. The van der Waals surface area contributed by atoms with Crippen LogP contribution in [0.5, 0.6) is 0 Å². The van der Waals surface area contributed by atoms with Crippen LogP contribution in [0.25, 0.3) is 0 Å². The monoisotopic (exact) mass is 257 g/mol. The summed E-state index contributed by atoms with van der Waals surface area (Å²) in [6.07, 6.45) is -0.696. The average Bonchev–Trinajstić information content (AvgIpc) is 2.30. The van der Waals surface area contributed by atoms with Crippen molar-refractivity contribution in [3.8, 4) is 0 Å². The molecule has 2 N–H and O–H groups in total. The number of hydrogen-bond acceptors (Lipinski definition) is 2. The van der Waals surface area contributed by atoms with E-state index in [9.17, 15) is 18.7 Å². The maximum Gasteiger partial charge on any atom is 0.254 e. The van der Waals surface area contributed by atoms with Crippen molar-refractivity contribution < 1.29 is 18.7 Å². The third-order valence-corrected chi connectivity index (χ3v) is 2.73. The molecule has 1 unspecified atom stereocenters. The normalized spacial score (nSPS) is 12.6. The fraction of sp³-hybridized carbons (Fsp3) is 0.462. The van der Waals surface area contributed by atoms with Gasteiger partial charge in [0.25, 0.3) is 5.91 Å². The first-order valence-corrected chi connectivity index (χ1v) is 5.74. The standard InChI is InChI=1S/C13H17F2NO2/c1-7(2)12(17)6-16-13(18)9-4-8(3)10(14)5-11(9)15/h4-5,7,12,17H,6H2,1-3H3,(H,16,18). The Morgan fingerprint density at radius 1 is 1.33 bits per heavy atom. The van der Waals surface area contributed by atoms with Crippen LogP contribution in [0.1, 0.15) is 29.8 Å². The van der Waals surface area contributed by atoms with Gasteiger partial charge in [-0.2, -0.15) is 0 Å². The minimum absolute atomic E-state index is 0.00917. The summed E-state index contributed by atoms with van der Waals surface area (Å²) in [4.78, 5) is 11.7. The lowest BCUT2D eigenvalue weighted by Gasteiger charge is -2.15. The van der Waals surface area contributed by atoms with Gasteiger partial charge < -0.3 is 10.4 Å². The number of aliphatic hydroxyl groups excluding tert-OH is 1. The quantitative estimate of drug-likeness (QED) is 0.867. The molecular weight excluding hydrogens is 240 g/mol. The van der Waals surface area contributed by atoms with Gasteiger partial charge in [-0.3, -0.25) is 4.79 Å². The minimum atomic E-state index is -0.908. The van der Waals surface area contributed by atoms with E-state index >= 15 is 0 Å². The van der Waals surface area contributed by atoms with Crippen LogP contribution in [0, 0.1) is 24.5 Å². The summed E-state index contributed by atoms with van der Waals surface area (Å²) in [7, 11) is 0. The first kappa shape index (κ1) is 14.6. The zero-order chi connectivity index (χ0) is 13.9. The third-order valence-electron chi connectivity index (χ3n) is 2.73. The molecule has 0 heterocycles. The Labute approximate surface area is 105 Å². The molecule has 1 rings (SSSR count). The average molecular weight is 257 g/mol. The van der Waals surface area contributed by atoms with Crippen LogP contribution >= 0.6 is 0 Å². The number of amides is 1. The lowest BCUT2D eigenvalue weighted by molar-refractivity contribution is 0.0868. The smallest absolute Gasteiger partial charge is 0.254 e. The Hall–Kier alpha value is -1.49. The van der Waals surface area contributed by atoms with E-state index in [1.54, 1.807) is 13.8 Å². The van der Waals surface area contributed by atoms with Gasteiger partial charge in [0.15, 0.2) is 0 Å². The highest BCUT2D eigenvalue weighted by Gasteiger charge is 2.16. The summed E-state index contributed by atoms with van der Waals surface area (Å²) < 4.78 is 26.4. The van der Waals surface area contributed by atoms with E-state index in [-0.39, 0.29) is 23.6 Å². The fourth-order valence-electron chi connectivity index (χ4n) is 1.36. The van der Waals surface area contributed by atoms with Crippen molar-refractivity contribution in [2.75, 3.05) is 6.54 Å². The summed E-state index contributed by atoms with van der Waals surface area (Å²) in [5.41, 5.74) is -0.0178. The van der Waals surface area contributed by atoms with E-state index in [1.165, 1.54) is 6.92 Å². The number of rotatable bonds is 4. The van der Waals surface area contributed by atoms with Crippen molar-refractivity contribution in [1.29, 1.82) is 0 Å².